The highest BCUT2D eigenvalue weighted by molar-refractivity contribution is 7.10. The summed E-state index contributed by atoms with van der Waals surface area (Å²) in [6.45, 7) is 16.8. The van der Waals surface area contributed by atoms with Gasteiger partial charge >= 0.3 is 0 Å². The number of ether oxygens (including phenoxy) is 1. The van der Waals surface area contributed by atoms with Crippen molar-refractivity contribution >= 4 is 28.6 Å². The first-order valence-electron chi connectivity index (χ1n) is 15.9. The van der Waals surface area contributed by atoms with Crippen LogP contribution in [-0.4, -0.2) is 72.7 Å². The van der Waals surface area contributed by atoms with Crippen molar-refractivity contribution in [2.45, 2.75) is 98.6 Å². The molecule has 3 rings (SSSR count). The fraction of sp³-hybridized carbons (Fsp3) is 0.647. The first kappa shape index (κ1) is 41.0. The van der Waals surface area contributed by atoms with Gasteiger partial charge in [-0.2, -0.15) is 0 Å². The SMILES string of the molecule is C/C=C/NC(O)c1csc(C2CCN(C(=O)CCc3cccs3)CC2)n1.C/C=C\CC.CCC.CCOCCCN(C)C. The smallest absolute Gasteiger partial charge is 0.222 e. The number of carbonyl (C=O) groups excluding carboxylic acids is 1. The van der Waals surface area contributed by atoms with E-state index in [0.717, 1.165) is 70.0 Å². The number of carbonyl (C=O) groups is 1. The minimum Gasteiger partial charge on any atom is -0.382 e. The molecule has 2 N–H and O–H groups in total. The molecule has 1 aliphatic heterocycles. The maximum absolute atomic E-state index is 12.4. The van der Waals surface area contributed by atoms with E-state index in [1.165, 1.54) is 11.3 Å². The van der Waals surface area contributed by atoms with Crippen LogP contribution >= 0.6 is 22.7 Å². The second-order valence-corrected chi connectivity index (χ2v) is 12.4. The van der Waals surface area contributed by atoms with Gasteiger partial charge in [0.25, 0.3) is 0 Å². The molecule has 1 saturated heterocycles. The molecule has 43 heavy (non-hydrogen) atoms. The molecule has 0 radical (unpaired) electrons. The summed E-state index contributed by atoms with van der Waals surface area (Å²) in [5, 5.41) is 18.0. The number of nitrogens with zero attached hydrogens (tertiary/aromatic N) is 3. The Balaban J connectivity index is 0.000000856. The highest BCUT2D eigenvalue weighted by atomic mass is 32.1. The van der Waals surface area contributed by atoms with Crippen molar-refractivity contribution in [1.29, 1.82) is 0 Å². The summed E-state index contributed by atoms with van der Waals surface area (Å²) in [5.41, 5.74) is 0.664. The van der Waals surface area contributed by atoms with Gasteiger partial charge in [0.15, 0.2) is 6.23 Å². The summed E-state index contributed by atoms with van der Waals surface area (Å²) in [6, 6.07) is 4.12. The maximum Gasteiger partial charge on any atom is 0.222 e. The lowest BCUT2D eigenvalue weighted by atomic mass is 9.97. The number of hydrogen-bond donors (Lipinski definition) is 2. The van der Waals surface area contributed by atoms with Crippen molar-refractivity contribution in [1.82, 2.24) is 20.1 Å². The van der Waals surface area contributed by atoms with E-state index in [4.69, 9.17) is 4.74 Å². The van der Waals surface area contributed by atoms with Gasteiger partial charge in [0.2, 0.25) is 5.91 Å². The van der Waals surface area contributed by atoms with Crippen molar-refractivity contribution < 1.29 is 14.6 Å². The molecule has 2 aromatic heterocycles. The minimum absolute atomic E-state index is 0.252. The van der Waals surface area contributed by atoms with Gasteiger partial charge in [0, 0.05) is 48.9 Å². The van der Waals surface area contributed by atoms with Crippen molar-refractivity contribution in [2.75, 3.05) is 46.9 Å². The fourth-order valence-corrected chi connectivity index (χ4v) is 5.69. The van der Waals surface area contributed by atoms with Gasteiger partial charge in [-0.05, 0) is 91.2 Å². The van der Waals surface area contributed by atoms with E-state index in [-0.39, 0.29) is 5.91 Å². The van der Waals surface area contributed by atoms with E-state index < -0.39 is 6.23 Å². The molecule has 1 atom stereocenters. The number of thiophene rings is 1. The zero-order valence-corrected chi connectivity index (χ0v) is 29.8. The molecule has 1 fully saturated rings. The van der Waals surface area contributed by atoms with Crippen LogP contribution in [-0.2, 0) is 16.0 Å². The van der Waals surface area contributed by atoms with E-state index >= 15 is 0 Å². The molecule has 1 amide bonds. The van der Waals surface area contributed by atoms with E-state index in [9.17, 15) is 9.90 Å². The highest BCUT2D eigenvalue weighted by Gasteiger charge is 2.26. The van der Waals surface area contributed by atoms with E-state index in [1.54, 1.807) is 28.9 Å². The third-order valence-corrected chi connectivity index (χ3v) is 8.13. The molecular weight excluding hydrogens is 577 g/mol. The van der Waals surface area contributed by atoms with Crippen LogP contribution in [0.15, 0.2) is 47.3 Å². The normalized spacial score (nSPS) is 14.0. The Morgan fingerprint density at radius 1 is 1.19 bits per heavy atom. The average Bonchev–Trinajstić information content (AvgIpc) is 3.72. The molecule has 1 aliphatic rings. The van der Waals surface area contributed by atoms with E-state index in [2.05, 4.69) is 73.7 Å². The fourth-order valence-electron chi connectivity index (χ4n) is 3.97. The highest BCUT2D eigenvalue weighted by Crippen LogP contribution is 2.31. The van der Waals surface area contributed by atoms with Crippen molar-refractivity contribution in [3.8, 4) is 0 Å². The van der Waals surface area contributed by atoms with Crippen LogP contribution in [0.5, 0.6) is 0 Å². The van der Waals surface area contributed by atoms with Gasteiger partial charge in [-0.25, -0.2) is 4.98 Å². The summed E-state index contributed by atoms with van der Waals surface area (Å²) >= 11 is 3.31. The summed E-state index contributed by atoms with van der Waals surface area (Å²) in [6.07, 6.45) is 13.8. The van der Waals surface area contributed by atoms with Gasteiger partial charge in [0.05, 0.1) is 5.01 Å². The number of nitrogens with one attached hydrogen (secondary N) is 1. The first-order valence-corrected chi connectivity index (χ1v) is 17.7. The Bertz CT molecular complexity index is 953. The Hall–Kier alpha value is -2.04. The summed E-state index contributed by atoms with van der Waals surface area (Å²) in [4.78, 5) is 22.4. The van der Waals surface area contributed by atoms with Crippen molar-refractivity contribution in [3.05, 3.63) is 62.9 Å². The van der Waals surface area contributed by atoms with Crippen molar-refractivity contribution in [2.24, 2.45) is 0 Å². The van der Waals surface area contributed by atoms with Crippen LogP contribution in [0.1, 0.15) is 108 Å². The molecule has 9 heteroatoms. The molecule has 0 bridgehead atoms. The number of thiazole rings is 1. The predicted octanol–water partition coefficient (Wildman–Crippen LogP) is 8.02. The number of aromatic nitrogens is 1. The Kier molecular flexibility index (Phi) is 26.2. The molecule has 7 nitrogen and oxygen atoms in total. The second kappa shape index (κ2) is 27.5. The summed E-state index contributed by atoms with van der Waals surface area (Å²) in [7, 11) is 4.15. The number of piperidine rings is 1. The van der Waals surface area contributed by atoms with Crippen LogP contribution in [0.3, 0.4) is 0 Å². The van der Waals surface area contributed by atoms with Crippen LogP contribution in [0.4, 0.5) is 0 Å². The Morgan fingerprint density at radius 3 is 2.40 bits per heavy atom. The zero-order valence-electron chi connectivity index (χ0n) is 28.2. The quantitative estimate of drug-likeness (QED) is 0.132. The van der Waals surface area contributed by atoms with E-state index in [0.29, 0.717) is 18.0 Å². The lowest BCUT2D eigenvalue weighted by Gasteiger charge is -2.31. The van der Waals surface area contributed by atoms with Gasteiger partial charge in [-0.15, -0.1) is 22.7 Å². The van der Waals surface area contributed by atoms with Crippen LogP contribution < -0.4 is 5.32 Å². The Morgan fingerprint density at radius 2 is 1.88 bits per heavy atom. The molecule has 0 saturated carbocycles. The molecule has 3 heterocycles. The monoisotopic (exact) mass is 636 g/mol. The average molecular weight is 637 g/mol. The minimum atomic E-state index is -0.768. The topological polar surface area (TPSA) is 77.9 Å². The molecule has 0 aliphatic carbocycles. The zero-order chi connectivity index (χ0) is 32.3. The summed E-state index contributed by atoms with van der Waals surface area (Å²) in [5.74, 6) is 0.631. The molecule has 246 valence electrons. The van der Waals surface area contributed by atoms with E-state index in [1.807, 2.05) is 43.2 Å². The lowest BCUT2D eigenvalue weighted by Crippen LogP contribution is -2.38. The molecule has 2 aromatic rings. The number of rotatable bonds is 13. The number of allylic oxidation sites excluding steroid dienone is 3. The molecular formula is C34H60N4O3S2. The number of amides is 1. The first-order chi connectivity index (χ1) is 20.8. The van der Waals surface area contributed by atoms with Gasteiger partial charge < -0.3 is 25.0 Å². The lowest BCUT2D eigenvalue weighted by molar-refractivity contribution is -0.132. The summed E-state index contributed by atoms with van der Waals surface area (Å²) < 4.78 is 5.16. The number of hydrogen-bond acceptors (Lipinski definition) is 8. The van der Waals surface area contributed by atoms with Crippen molar-refractivity contribution in [3.63, 3.8) is 0 Å². The number of likely N-dealkylation sites (tertiary alicyclic amines) is 1. The third-order valence-electron chi connectivity index (χ3n) is 6.17. The predicted molar refractivity (Wildman–Crippen MR) is 187 cm³/mol. The van der Waals surface area contributed by atoms with Gasteiger partial charge in [-0.1, -0.05) is 51.5 Å². The van der Waals surface area contributed by atoms with Crippen LogP contribution in [0.2, 0.25) is 0 Å². The molecule has 1 unspecified atom stereocenters. The number of aliphatic hydroxyl groups is 1. The largest absolute Gasteiger partial charge is 0.382 e. The second-order valence-electron chi connectivity index (χ2n) is 10.5. The Labute approximate surface area is 271 Å². The van der Waals surface area contributed by atoms with Crippen LogP contribution in [0, 0.1) is 0 Å². The van der Waals surface area contributed by atoms with Gasteiger partial charge in [-0.3, -0.25) is 4.79 Å². The van der Waals surface area contributed by atoms with Gasteiger partial charge in [0.1, 0.15) is 5.69 Å². The van der Waals surface area contributed by atoms with Crippen LogP contribution in [0.25, 0.3) is 0 Å². The standard InChI is InChI=1S/C19H25N3O2S2.C7H17NO.C5H10.C3H8/c1-2-9-20-18(24)16-13-26-19(21-16)14-7-10-22(11-8-14)17(23)6-5-15-4-3-12-25-15;1-4-9-7-5-6-8(2)3;1-3-5-4-2;1-3-2/h2-4,9,12-14,18,20,24H,5-8,10-11H2,1H3;4-7H2,1-3H3;3,5H,4H2,1-2H3;3H2,1-2H3/b9-2+;;5-3-;. The number of aryl methyl sites for hydroxylation is 1. The third kappa shape index (κ3) is 20.5. The number of aliphatic hydroxyl groups excluding tert-OH is 1. The molecule has 0 spiro atoms. The maximum atomic E-state index is 12.4. The molecule has 0 aromatic carbocycles.